The number of hydrogen-bond acceptors (Lipinski definition) is 10. The third-order valence-corrected chi connectivity index (χ3v) is 10.4. The molecule has 22 heteroatoms. The van der Waals surface area contributed by atoms with Crippen molar-refractivity contribution in [1.29, 1.82) is 0 Å². The van der Waals surface area contributed by atoms with Crippen molar-refractivity contribution in [3.8, 4) is 11.5 Å². The fourth-order valence-electron chi connectivity index (χ4n) is 4.86. The third-order valence-electron chi connectivity index (χ3n) is 7.33. The number of rotatable bonds is 9. The van der Waals surface area contributed by atoms with Crippen molar-refractivity contribution in [2.75, 3.05) is 26.2 Å². The largest absolute Gasteiger partial charge is 0.508 e. The molecule has 2 aliphatic rings. The molecule has 2 heterocycles. The number of ether oxygens (including phenoxy) is 1. The van der Waals surface area contributed by atoms with Gasteiger partial charge in [0.2, 0.25) is 11.9 Å². The number of benzene rings is 3. The number of halogens is 5. The van der Waals surface area contributed by atoms with Crippen LogP contribution in [0.4, 0.5) is 0 Å². The van der Waals surface area contributed by atoms with Crippen LogP contribution >= 0.6 is 70.5 Å². The first-order valence-electron chi connectivity index (χ1n) is 17.7. The second-order valence-electron chi connectivity index (χ2n) is 13.7. The van der Waals surface area contributed by atoms with Crippen molar-refractivity contribution in [3.05, 3.63) is 95.5 Å². The molecule has 322 valence electrons. The number of phenolic OH excluding ortho intramolecular Hbond substituents is 1. The predicted molar refractivity (Wildman–Crippen MR) is 254 cm³/mol. The van der Waals surface area contributed by atoms with Gasteiger partial charge in [-0.1, -0.05) is 81.2 Å². The highest BCUT2D eigenvalue weighted by atomic mass is 79.9. The summed E-state index contributed by atoms with van der Waals surface area (Å²) in [6.07, 6.45) is 3.53. The van der Waals surface area contributed by atoms with Gasteiger partial charge in [-0.3, -0.25) is 9.98 Å². The Labute approximate surface area is 383 Å². The minimum atomic E-state index is -3.95. The smallest absolute Gasteiger partial charge is 0.369 e. The lowest BCUT2D eigenvalue weighted by Gasteiger charge is -2.21. The zero-order chi connectivity index (χ0) is 44.6. The van der Waals surface area contributed by atoms with Crippen molar-refractivity contribution >= 4 is 118 Å². The van der Waals surface area contributed by atoms with Crippen molar-refractivity contribution in [2.45, 2.75) is 57.9 Å². The van der Waals surface area contributed by atoms with Gasteiger partial charge in [0.05, 0.1) is 22.9 Å². The van der Waals surface area contributed by atoms with Crippen molar-refractivity contribution < 1.29 is 26.7 Å². The van der Waals surface area contributed by atoms with Gasteiger partial charge in [0.25, 0.3) is 20.0 Å². The van der Waals surface area contributed by atoms with Crippen molar-refractivity contribution in [2.24, 2.45) is 31.0 Å². The summed E-state index contributed by atoms with van der Waals surface area (Å²) in [4.78, 5) is 8.29. The molecule has 5 rings (SSSR count). The minimum Gasteiger partial charge on any atom is -0.508 e. The molecule has 0 amide bonds. The quantitative estimate of drug-likeness (QED) is 0.0824. The summed E-state index contributed by atoms with van der Waals surface area (Å²) < 4.78 is 62.0. The third kappa shape index (κ3) is 18.2. The number of hydrazone groups is 2. The maximum Gasteiger partial charge on any atom is 0.369 e. The highest BCUT2D eigenvalue weighted by molar-refractivity contribution is 9.69. The van der Waals surface area contributed by atoms with Gasteiger partial charge in [-0.25, -0.2) is 36.3 Å². The van der Waals surface area contributed by atoms with E-state index in [-0.39, 0.29) is 51.5 Å². The van der Waals surface area contributed by atoms with E-state index in [1.807, 2.05) is 65.0 Å². The molecule has 3 N–H and O–H groups in total. The summed E-state index contributed by atoms with van der Waals surface area (Å²) in [6.45, 7) is 19.8. The molecule has 0 aliphatic carbocycles. The summed E-state index contributed by atoms with van der Waals surface area (Å²) in [6, 6.07) is 17.6. The van der Waals surface area contributed by atoms with Crippen molar-refractivity contribution in [1.82, 2.24) is 19.5 Å². The number of nitrogens with zero attached hydrogens (tertiary/aromatic N) is 6. The molecular weight excluding hydrogens is 1040 g/mol. The lowest BCUT2D eigenvalue weighted by molar-refractivity contribution is 0.305. The molecule has 0 saturated carbocycles. The molecule has 3 aromatic rings. The number of nitrogens with one attached hydrogen (secondary N) is 2. The Morgan fingerprint density at radius 1 is 0.797 bits per heavy atom. The van der Waals surface area contributed by atoms with Gasteiger partial charge < -0.3 is 9.84 Å². The molecule has 0 spiro atoms. The number of phenols is 1. The van der Waals surface area contributed by atoms with Gasteiger partial charge in [0.1, 0.15) is 18.1 Å². The Morgan fingerprint density at radius 3 is 1.61 bits per heavy atom. The van der Waals surface area contributed by atoms with Crippen LogP contribution in [-0.4, -0.2) is 85.7 Å². The molecule has 14 nitrogen and oxygen atoms in total. The van der Waals surface area contributed by atoms with Crippen molar-refractivity contribution in [3.63, 3.8) is 0 Å². The first-order chi connectivity index (χ1) is 27.5. The molecule has 0 bridgehead atoms. The van der Waals surface area contributed by atoms with E-state index in [2.05, 4.69) is 90.1 Å². The molecule has 0 radical (unpaired) electrons. The fraction of sp³-hybridized carbons (Fsp3) is 0.351. The molecule has 3 aromatic carbocycles. The van der Waals surface area contributed by atoms with E-state index in [1.165, 1.54) is 29.3 Å². The van der Waals surface area contributed by atoms with Crippen LogP contribution in [0.25, 0.3) is 0 Å². The van der Waals surface area contributed by atoms with Crippen LogP contribution in [0.3, 0.4) is 0 Å². The zero-order valence-corrected chi connectivity index (χ0v) is 41.3. The average Bonchev–Trinajstić information content (AvgIpc) is 3.71. The Kier molecular flexibility index (Phi) is 20.9. The maximum absolute atomic E-state index is 13.0. The number of hydrogen-bond donors (Lipinski definition) is 3. The predicted octanol–water partition coefficient (Wildman–Crippen LogP) is 8.89. The SMILES string of the molecule is BrB(Br)Br.C=C.CCN=C(NS(=O)(=O)c1cc(Cl)cc(OCc2ccccc2)c1)N1CC(C)(C)C=N1.CCN=C(NS(=O)(=O)c1cc(O)cc(Cl)c1)N1CC(C)(C)C=N1. The van der Waals surface area contributed by atoms with Crippen LogP contribution in [-0.2, 0) is 26.7 Å². The van der Waals surface area contributed by atoms with E-state index >= 15 is 0 Å². The first kappa shape index (κ1) is 52.0. The second-order valence-corrected chi connectivity index (χ2v) is 24.3. The first-order valence-corrected chi connectivity index (χ1v) is 24.2. The number of guanidine groups is 2. The summed E-state index contributed by atoms with van der Waals surface area (Å²) in [5.74, 6) is 0.438. The molecule has 0 unspecified atom stereocenters. The standard InChI is InChI=1S/C21H25ClN4O3S.C14H19ClN4O3S.C2H4.BBr3/c1-4-23-20(26-15-21(2,3)14-24-26)25-30(27,28)19-11-17(22)10-18(12-19)29-13-16-8-6-5-7-9-16;1-4-16-13(19-9-14(2,3)8-17-19)18-23(21,22)12-6-10(15)5-11(20)7-12;1-2;2-1(3)4/h5-12,14H,4,13,15H2,1-3H3,(H,23,25);5-8,20H,4,9H2,1-3H3,(H,16,18);1-2H2;. The van der Waals surface area contributed by atoms with Gasteiger partial charge in [0, 0.05) is 58.5 Å². The number of aliphatic imine (C=N–C) groups is 2. The molecule has 0 atom stereocenters. The summed E-state index contributed by atoms with van der Waals surface area (Å²) in [7, 11) is -7.89. The van der Waals surface area contributed by atoms with E-state index in [0.717, 1.165) is 11.6 Å². The minimum absolute atomic E-state index is 0.00991. The van der Waals surface area contributed by atoms with Gasteiger partial charge in [0.15, 0.2) is 0 Å². The van der Waals surface area contributed by atoms with Gasteiger partial charge >= 0.3 is 3.18 Å². The lowest BCUT2D eigenvalue weighted by Crippen LogP contribution is -2.42. The van der Waals surface area contributed by atoms with Crippen LogP contribution in [0.1, 0.15) is 47.1 Å². The maximum atomic E-state index is 13.0. The topological polar surface area (TPSA) is 178 Å². The van der Waals surface area contributed by atoms with E-state index in [0.29, 0.717) is 38.5 Å². The van der Waals surface area contributed by atoms with E-state index < -0.39 is 20.0 Å². The Bertz CT molecular complexity index is 2180. The Morgan fingerprint density at radius 2 is 1.22 bits per heavy atom. The highest BCUT2D eigenvalue weighted by Crippen LogP contribution is 2.27. The van der Waals surface area contributed by atoms with Crippen LogP contribution < -0.4 is 14.2 Å². The number of aromatic hydroxyl groups is 1. The normalized spacial score (nSPS) is 15.5. The lowest BCUT2D eigenvalue weighted by atomic mass is 9.97. The number of sulfonamides is 2. The second kappa shape index (κ2) is 23.8. The Balaban J connectivity index is 0.000000368. The van der Waals surface area contributed by atoms with Crippen LogP contribution in [0, 0.1) is 10.8 Å². The summed E-state index contributed by atoms with van der Waals surface area (Å²) in [5, 5.41) is 21.5. The van der Waals surface area contributed by atoms with Gasteiger partial charge in [-0.05, 0) is 43.7 Å². The molecule has 2 aliphatic heterocycles. The highest BCUT2D eigenvalue weighted by Gasteiger charge is 2.31. The molecule has 59 heavy (non-hydrogen) atoms. The zero-order valence-electron chi connectivity index (χ0n) is 33.4. The Hall–Kier alpha value is -3.14. The van der Waals surface area contributed by atoms with E-state index in [1.54, 1.807) is 30.4 Å². The molecule has 0 aromatic heterocycles. The summed E-state index contributed by atoms with van der Waals surface area (Å²) >= 11 is 21.3. The molecular formula is C37H48BBr3Cl2N8O6S2. The van der Waals surface area contributed by atoms with Gasteiger partial charge in [-0.15, -0.1) is 60.4 Å². The average molecular weight is 1090 g/mol. The fourth-order valence-corrected chi connectivity index (χ4v) is 7.61. The van der Waals surface area contributed by atoms with Crippen LogP contribution in [0.5, 0.6) is 11.5 Å². The van der Waals surface area contributed by atoms with Gasteiger partial charge in [-0.2, -0.15) is 10.2 Å². The van der Waals surface area contributed by atoms with E-state index in [9.17, 15) is 21.9 Å². The van der Waals surface area contributed by atoms with Crippen LogP contribution in [0.2, 0.25) is 10.0 Å². The van der Waals surface area contributed by atoms with Crippen LogP contribution in [0.15, 0.2) is 110 Å². The van der Waals surface area contributed by atoms with E-state index in [4.69, 9.17) is 27.9 Å². The monoisotopic (exact) mass is 1080 g/mol. The molecule has 0 saturated heterocycles. The summed E-state index contributed by atoms with van der Waals surface area (Å²) in [5.41, 5.74) is 0.620. The molecule has 0 fully saturated rings.